The van der Waals surface area contributed by atoms with Crippen LogP contribution in [0.25, 0.3) is 0 Å². The van der Waals surface area contributed by atoms with Crippen LogP contribution in [0.3, 0.4) is 0 Å². The lowest BCUT2D eigenvalue weighted by atomic mass is 10.00. The summed E-state index contributed by atoms with van der Waals surface area (Å²) in [5.74, 6) is 0.829. The van der Waals surface area contributed by atoms with Gasteiger partial charge in [-0.05, 0) is 47.9 Å². The number of fused-ring (bicyclic) bond motifs is 1. The number of hydrogen-bond donors (Lipinski definition) is 1. The minimum Gasteiger partial charge on any atom is -0.352 e. The Morgan fingerprint density at radius 3 is 2.56 bits per heavy atom. The van der Waals surface area contributed by atoms with Gasteiger partial charge in [0.25, 0.3) is 10.0 Å². The number of sulfonamides is 1. The van der Waals surface area contributed by atoms with Crippen molar-refractivity contribution in [2.24, 2.45) is 0 Å². The highest BCUT2D eigenvalue weighted by atomic mass is 35.5. The molecule has 138 valence electrons. The van der Waals surface area contributed by atoms with E-state index in [4.69, 9.17) is 11.6 Å². The molecule has 1 N–H and O–H groups in total. The fraction of sp³-hybridized carbons (Fsp3) is 0.150. The lowest BCUT2D eigenvalue weighted by Gasteiger charge is -2.29. The summed E-state index contributed by atoms with van der Waals surface area (Å²) in [6.07, 6.45) is 2.51. The molecule has 5 nitrogen and oxygen atoms in total. The largest absolute Gasteiger partial charge is 0.352 e. The standard InChI is InChI=1S/C20H18ClN3O2S/c21-17-6-3-7-19(12-17)27(25,26)23-18-8-9-20(22-13-18)24-11-10-15-4-1-2-5-16(15)14-24/h1-9,12-13,23H,10-11,14H2. The van der Waals surface area contributed by atoms with Crippen LogP contribution in [0, 0.1) is 0 Å². The highest BCUT2D eigenvalue weighted by Gasteiger charge is 2.18. The summed E-state index contributed by atoms with van der Waals surface area (Å²) in [6, 6.07) is 18.1. The van der Waals surface area contributed by atoms with Crippen molar-refractivity contribution >= 4 is 33.1 Å². The zero-order valence-corrected chi connectivity index (χ0v) is 16.0. The number of anilines is 2. The Morgan fingerprint density at radius 1 is 1.00 bits per heavy atom. The Balaban J connectivity index is 1.50. The molecule has 0 fully saturated rings. The van der Waals surface area contributed by atoms with Crippen molar-refractivity contribution in [1.82, 2.24) is 4.98 Å². The fourth-order valence-electron chi connectivity index (χ4n) is 3.17. The molecule has 0 bridgehead atoms. The fourth-order valence-corrected chi connectivity index (χ4v) is 4.52. The van der Waals surface area contributed by atoms with Gasteiger partial charge in [-0.15, -0.1) is 0 Å². The molecule has 7 heteroatoms. The van der Waals surface area contributed by atoms with Gasteiger partial charge in [-0.1, -0.05) is 41.9 Å². The molecule has 0 spiro atoms. The van der Waals surface area contributed by atoms with E-state index < -0.39 is 10.0 Å². The van der Waals surface area contributed by atoms with Gasteiger partial charge in [0.05, 0.1) is 16.8 Å². The van der Waals surface area contributed by atoms with Crippen molar-refractivity contribution < 1.29 is 8.42 Å². The lowest BCUT2D eigenvalue weighted by molar-refractivity contribution is 0.601. The minimum atomic E-state index is -3.70. The third kappa shape index (κ3) is 3.91. The second-order valence-corrected chi connectivity index (χ2v) is 8.53. The molecule has 0 saturated heterocycles. The molecule has 27 heavy (non-hydrogen) atoms. The first-order chi connectivity index (χ1) is 13.0. The van der Waals surface area contributed by atoms with Crippen molar-refractivity contribution in [1.29, 1.82) is 0 Å². The third-order valence-corrected chi connectivity index (χ3v) is 6.18. The summed E-state index contributed by atoms with van der Waals surface area (Å²) >= 11 is 5.89. The molecule has 0 saturated carbocycles. The van der Waals surface area contributed by atoms with Gasteiger partial charge in [0.2, 0.25) is 0 Å². The Hall–Kier alpha value is -2.57. The van der Waals surface area contributed by atoms with Gasteiger partial charge >= 0.3 is 0 Å². The Morgan fingerprint density at radius 2 is 1.81 bits per heavy atom. The van der Waals surface area contributed by atoms with Gasteiger partial charge in [-0.2, -0.15) is 0 Å². The van der Waals surface area contributed by atoms with Gasteiger partial charge in [0.15, 0.2) is 0 Å². The molecular weight excluding hydrogens is 382 g/mol. The van der Waals surface area contributed by atoms with Crippen LogP contribution in [0.1, 0.15) is 11.1 Å². The maximum absolute atomic E-state index is 12.5. The summed E-state index contributed by atoms with van der Waals surface area (Å²) in [5.41, 5.74) is 3.09. The lowest BCUT2D eigenvalue weighted by Crippen LogP contribution is -2.30. The van der Waals surface area contributed by atoms with Crippen molar-refractivity contribution in [2.45, 2.75) is 17.9 Å². The monoisotopic (exact) mass is 399 g/mol. The molecule has 4 rings (SSSR count). The van der Waals surface area contributed by atoms with Gasteiger partial charge < -0.3 is 4.90 Å². The van der Waals surface area contributed by atoms with Gasteiger partial charge in [-0.3, -0.25) is 4.72 Å². The summed E-state index contributed by atoms with van der Waals surface area (Å²) in [7, 11) is -3.70. The number of nitrogens with zero attached hydrogens (tertiary/aromatic N) is 2. The quantitative estimate of drug-likeness (QED) is 0.717. The topological polar surface area (TPSA) is 62.3 Å². The van der Waals surface area contributed by atoms with Crippen LogP contribution in [0.5, 0.6) is 0 Å². The molecule has 1 aliphatic rings. The summed E-state index contributed by atoms with van der Waals surface area (Å²) in [5, 5.41) is 0.372. The molecular formula is C20H18ClN3O2S. The molecule has 1 aliphatic heterocycles. The highest BCUT2D eigenvalue weighted by Crippen LogP contribution is 2.24. The van der Waals surface area contributed by atoms with Crippen LogP contribution in [0.4, 0.5) is 11.5 Å². The maximum Gasteiger partial charge on any atom is 0.261 e. The minimum absolute atomic E-state index is 0.117. The zero-order valence-electron chi connectivity index (χ0n) is 14.5. The third-order valence-electron chi connectivity index (χ3n) is 4.56. The number of hydrogen-bond acceptors (Lipinski definition) is 4. The average Bonchev–Trinajstić information content (AvgIpc) is 2.68. The van der Waals surface area contributed by atoms with E-state index in [0.717, 1.165) is 25.3 Å². The van der Waals surface area contributed by atoms with E-state index in [1.807, 2.05) is 12.1 Å². The van der Waals surface area contributed by atoms with Crippen LogP contribution in [-0.4, -0.2) is 19.9 Å². The van der Waals surface area contributed by atoms with Crippen molar-refractivity contribution in [2.75, 3.05) is 16.2 Å². The number of nitrogens with one attached hydrogen (secondary N) is 1. The number of rotatable bonds is 4. The molecule has 1 aromatic heterocycles. The van der Waals surface area contributed by atoms with Crippen molar-refractivity contribution in [3.05, 3.63) is 83.0 Å². The SMILES string of the molecule is O=S(=O)(Nc1ccc(N2CCc3ccccc3C2)nc1)c1cccc(Cl)c1. The first-order valence-electron chi connectivity index (χ1n) is 8.57. The van der Waals surface area contributed by atoms with Crippen LogP contribution < -0.4 is 9.62 Å². The molecule has 0 unspecified atom stereocenters. The number of pyridine rings is 1. The van der Waals surface area contributed by atoms with Gasteiger partial charge in [0, 0.05) is 18.1 Å². The Bertz CT molecular complexity index is 1070. The van der Waals surface area contributed by atoms with Crippen LogP contribution in [0.2, 0.25) is 5.02 Å². The van der Waals surface area contributed by atoms with E-state index in [1.165, 1.54) is 29.5 Å². The molecule has 3 aromatic rings. The Labute approximate surface area is 163 Å². The zero-order chi connectivity index (χ0) is 18.9. The summed E-state index contributed by atoms with van der Waals surface area (Å²) in [4.78, 5) is 6.75. The van der Waals surface area contributed by atoms with Crippen LogP contribution in [0.15, 0.2) is 71.8 Å². The Kier molecular flexibility index (Phi) is 4.76. The average molecular weight is 400 g/mol. The molecule has 0 atom stereocenters. The van der Waals surface area contributed by atoms with E-state index in [1.54, 1.807) is 18.2 Å². The first kappa shape index (κ1) is 17.8. The molecule has 2 aromatic carbocycles. The van der Waals surface area contributed by atoms with Gasteiger partial charge in [0.1, 0.15) is 5.82 Å². The number of halogens is 1. The van der Waals surface area contributed by atoms with E-state index in [0.29, 0.717) is 10.7 Å². The molecule has 2 heterocycles. The van der Waals surface area contributed by atoms with E-state index >= 15 is 0 Å². The predicted octanol–water partition coefficient (Wildman–Crippen LogP) is 4.10. The smallest absolute Gasteiger partial charge is 0.261 e. The van der Waals surface area contributed by atoms with Gasteiger partial charge in [-0.25, -0.2) is 13.4 Å². The summed E-state index contributed by atoms with van der Waals surface area (Å²) in [6.45, 7) is 1.69. The first-order valence-corrected chi connectivity index (χ1v) is 10.4. The van der Waals surface area contributed by atoms with Crippen molar-refractivity contribution in [3.8, 4) is 0 Å². The van der Waals surface area contributed by atoms with E-state index in [2.05, 4.69) is 32.8 Å². The second kappa shape index (κ2) is 7.21. The van der Waals surface area contributed by atoms with Crippen LogP contribution in [-0.2, 0) is 23.0 Å². The predicted molar refractivity (Wildman–Crippen MR) is 108 cm³/mol. The number of benzene rings is 2. The normalized spacial score (nSPS) is 13.9. The second-order valence-electron chi connectivity index (χ2n) is 6.41. The van der Waals surface area contributed by atoms with Crippen LogP contribution >= 0.6 is 11.6 Å². The maximum atomic E-state index is 12.5. The van der Waals surface area contributed by atoms with Crippen molar-refractivity contribution in [3.63, 3.8) is 0 Å². The molecule has 0 radical (unpaired) electrons. The number of aromatic nitrogens is 1. The van der Waals surface area contributed by atoms with E-state index in [9.17, 15) is 8.42 Å². The summed E-state index contributed by atoms with van der Waals surface area (Å²) < 4.78 is 27.5. The van der Waals surface area contributed by atoms with E-state index in [-0.39, 0.29) is 4.90 Å². The molecule has 0 amide bonds. The highest BCUT2D eigenvalue weighted by molar-refractivity contribution is 7.92. The molecule has 0 aliphatic carbocycles.